The fourth-order valence-corrected chi connectivity index (χ4v) is 2.23. The monoisotopic (exact) mass is 296 g/mol. The number of hydrogen-bond acceptors (Lipinski definition) is 5. The van der Waals surface area contributed by atoms with Crippen LogP contribution in [0.5, 0.6) is 0 Å². The van der Waals surface area contributed by atoms with Crippen molar-refractivity contribution < 1.29 is 23.8 Å². The third-order valence-electron chi connectivity index (χ3n) is 3.58. The Morgan fingerprint density at radius 1 is 1.33 bits per heavy atom. The van der Waals surface area contributed by atoms with Gasteiger partial charge in [-0.3, -0.25) is 9.59 Å². The third kappa shape index (κ3) is 4.30. The molecule has 0 saturated carbocycles. The Morgan fingerprint density at radius 2 is 2.10 bits per heavy atom. The number of aliphatic hydroxyl groups is 1. The third-order valence-corrected chi connectivity index (χ3v) is 3.58. The maximum absolute atomic E-state index is 11.9. The first-order chi connectivity index (χ1) is 10.2. The van der Waals surface area contributed by atoms with Gasteiger partial charge in [-0.25, -0.2) is 0 Å². The van der Waals surface area contributed by atoms with E-state index in [0.29, 0.717) is 31.6 Å². The molecule has 21 heavy (non-hydrogen) atoms. The topological polar surface area (TPSA) is 101 Å². The van der Waals surface area contributed by atoms with E-state index in [4.69, 9.17) is 9.15 Å². The number of furan rings is 1. The molecule has 0 atom stereocenters. The van der Waals surface area contributed by atoms with Crippen molar-refractivity contribution in [1.29, 1.82) is 0 Å². The molecule has 2 rings (SSSR count). The van der Waals surface area contributed by atoms with Crippen LogP contribution in [-0.2, 0) is 9.53 Å². The zero-order valence-electron chi connectivity index (χ0n) is 11.8. The summed E-state index contributed by atoms with van der Waals surface area (Å²) >= 11 is 0. The van der Waals surface area contributed by atoms with Gasteiger partial charge in [0.05, 0.1) is 24.0 Å². The number of hydrogen-bond donors (Lipinski definition) is 3. The molecule has 0 radical (unpaired) electrons. The van der Waals surface area contributed by atoms with Crippen LogP contribution in [0.25, 0.3) is 0 Å². The highest BCUT2D eigenvalue weighted by Crippen LogP contribution is 2.20. The molecule has 1 aromatic heterocycles. The summed E-state index contributed by atoms with van der Waals surface area (Å²) in [6.45, 7) is 1.17. The average Bonchev–Trinajstić information content (AvgIpc) is 3.02. The molecule has 1 fully saturated rings. The van der Waals surface area contributed by atoms with Crippen molar-refractivity contribution in [3.63, 3.8) is 0 Å². The van der Waals surface area contributed by atoms with E-state index in [1.807, 2.05) is 0 Å². The highest BCUT2D eigenvalue weighted by molar-refractivity contribution is 5.94. The number of ether oxygens (including phenoxy) is 1. The quantitative estimate of drug-likeness (QED) is 0.689. The molecule has 2 heterocycles. The second-order valence-electron chi connectivity index (χ2n) is 5.12. The lowest BCUT2D eigenvalue weighted by molar-refractivity contribution is -0.125. The van der Waals surface area contributed by atoms with Crippen molar-refractivity contribution in [2.75, 3.05) is 26.4 Å². The molecule has 0 aromatic carbocycles. The molecule has 0 unspecified atom stereocenters. The number of aliphatic hydroxyl groups excluding tert-OH is 1. The summed E-state index contributed by atoms with van der Waals surface area (Å²) in [5.41, 5.74) is -0.171. The first-order valence-corrected chi connectivity index (χ1v) is 6.95. The molecule has 2 amide bonds. The molecule has 1 aromatic rings. The van der Waals surface area contributed by atoms with Gasteiger partial charge in [0.15, 0.2) is 0 Å². The fourth-order valence-electron chi connectivity index (χ4n) is 2.23. The van der Waals surface area contributed by atoms with Crippen molar-refractivity contribution in [2.45, 2.75) is 24.8 Å². The van der Waals surface area contributed by atoms with Crippen LogP contribution < -0.4 is 10.6 Å². The van der Waals surface area contributed by atoms with Crippen LogP contribution >= 0.6 is 0 Å². The van der Waals surface area contributed by atoms with Gasteiger partial charge in [0, 0.05) is 26.2 Å². The van der Waals surface area contributed by atoms with Crippen molar-refractivity contribution in [2.24, 2.45) is 0 Å². The Hall–Kier alpha value is -1.86. The maximum Gasteiger partial charge on any atom is 0.254 e. The Balaban J connectivity index is 1.73. The molecule has 1 aliphatic heterocycles. The number of carbonyl (C=O) groups excluding carboxylic acids is 2. The molecule has 1 aliphatic rings. The van der Waals surface area contributed by atoms with Crippen molar-refractivity contribution >= 4 is 11.8 Å². The fraction of sp³-hybridized carbons (Fsp3) is 0.571. The minimum absolute atomic E-state index is 0.108. The summed E-state index contributed by atoms with van der Waals surface area (Å²) in [5.74, 6) is -0.474. The lowest BCUT2D eigenvalue weighted by Gasteiger charge is -2.36. The van der Waals surface area contributed by atoms with Gasteiger partial charge in [0.25, 0.3) is 5.91 Å². The Bertz CT molecular complexity index is 466. The molecule has 0 spiro atoms. The highest BCUT2D eigenvalue weighted by Gasteiger charge is 2.33. The summed E-state index contributed by atoms with van der Waals surface area (Å²) in [7, 11) is 0. The van der Waals surface area contributed by atoms with Gasteiger partial charge in [0.2, 0.25) is 5.91 Å². The van der Waals surface area contributed by atoms with Crippen LogP contribution in [0, 0.1) is 0 Å². The van der Waals surface area contributed by atoms with Crippen LogP contribution in [-0.4, -0.2) is 48.8 Å². The molecule has 1 saturated heterocycles. The van der Waals surface area contributed by atoms with E-state index in [0.717, 1.165) is 0 Å². The predicted octanol–water partition coefficient (Wildman–Crippen LogP) is 0.0572. The average molecular weight is 296 g/mol. The highest BCUT2D eigenvalue weighted by atomic mass is 16.5. The SMILES string of the molecule is O=C(CCNC(=O)c1ccoc1)NC1(CO)CCOCC1. The lowest BCUT2D eigenvalue weighted by atomic mass is 9.91. The first kappa shape index (κ1) is 15.5. The smallest absolute Gasteiger partial charge is 0.254 e. The van der Waals surface area contributed by atoms with Crippen LogP contribution in [0.1, 0.15) is 29.6 Å². The summed E-state index contributed by atoms with van der Waals surface area (Å²) in [6.07, 6.45) is 4.11. The zero-order chi connectivity index (χ0) is 15.1. The molecule has 0 aliphatic carbocycles. The Labute approximate surface area is 122 Å². The summed E-state index contributed by atoms with van der Waals surface area (Å²) in [4.78, 5) is 23.5. The normalized spacial score (nSPS) is 17.2. The maximum atomic E-state index is 11.9. The summed E-state index contributed by atoms with van der Waals surface area (Å²) in [5, 5.41) is 15.0. The van der Waals surface area contributed by atoms with Gasteiger partial charge >= 0.3 is 0 Å². The number of rotatable bonds is 6. The molecule has 7 heteroatoms. The van der Waals surface area contributed by atoms with Gasteiger partial charge in [-0.05, 0) is 18.9 Å². The molecule has 3 N–H and O–H groups in total. The van der Waals surface area contributed by atoms with E-state index in [2.05, 4.69) is 10.6 Å². The van der Waals surface area contributed by atoms with Gasteiger partial charge in [0.1, 0.15) is 6.26 Å². The van der Waals surface area contributed by atoms with E-state index in [9.17, 15) is 14.7 Å². The van der Waals surface area contributed by atoms with Crippen molar-refractivity contribution in [3.05, 3.63) is 24.2 Å². The second-order valence-corrected chi connectivity index (χ2v) is 5.12. The summed E-state index contributed by atoms with van der Waals surface area (Å²) in [6, 6.07) is 1.55. The number of nitrogens with one attached hydrogen (secondary N) is 2. The molecule has 7 nitrogen and oxygen atoms in total. The molecular weight excluding hydrogens is 276 g/mol. The zero-order valence-corrected chi connectivity index (χ0v) is 11.8. The number of amides is 2. The summed E-state index contributed by atoms with van der Waals surface area (Å²) < 4.78 is 10.0. The van der Waals surface area contributed by atoms with Gasteiger partial charge in [-0.2, -0.15) is 0 Å². The predicted molar refractivity (Wildman–Crippen MR) is 73.7 cm³/mol. The largest absolute Gasteiger partial charge is 0.472 e. The van der Waals surface area contributed by atoms with E-state index in [-0.39, 0.29) is 31.4 Å². The molecule has 0 bridgehead atoms. The Morgan fingerprint density at radius 3 is 2.71 bits per heavy atom. The van der Waals surface area contributed by atoms with E-state index < -0.39 is 5.54 Å². The van der Waals surface area contributed by atoms with Crippen molar-refractivity contribution in [1.82, 2.24) is 10.6 Å². The molecule has 116 valence electrons. The van der Waals surface area contributed by atoms with Crippen LogP contribution in [0.4, 0.5) is 0 Å². The Kier molecular flexibility index (Phi) is 5.35. The lowest BCUT2D eigenvalue weighted by Crippen LogP contribution is -2.54. The van der Waals surface area contributed by atoms with Crippen LogP contribution in [0.2, 0.25) is 0 Å². The van der Waals surface area contributed by atoms with E-state index in [1.54, 1.807) is 6.07 Å². The standard InChI is InChI=1S/C14H20N2O5/c17-10-14(3-7-20-8-4-14)16-12(18)1-5-15-13(19)11-2-6-21-9-11/h2,6,9,17H,1,3-5,7-8,10H2,(H,15,19)(H,16,18). The second kappa shape index (κ2) is 7.24. The molecular formula is C14H20N2O5. The van der Waals surface area contributed by atoms with Gasteiger partial charge in [-0.15, -0.1) is 0 Å². The van der Waals surface area contributed by atoms with E-state index >= 15 is 0 Å². The minimum atomic E-state index is -0.593. The van der Waals surface area contributed by atoms with E-state index in [1.165, 1.54) is 12.5 Å². The first-order valence-electron chi connectivity index (χ1n) is 6.95. The van der Waals surface area contributed by atoms with Crippen LogP contribution in [0.3, 0.4) is 0 Å². The van der Waals surface area contributed by atoms with Gasteiger partial charge < -0.3 is 24.9 Å². The van der Waals surface area contributed by atoms with Crippen molar-refractivity contribution in [3.8, 4) is 0 Å². The van der Waals surface area contributed by atoms with Crippen LogP contribution in [0.15, 0.2) is 23.0 Å². The number of carbonyl (C=O) groups is 2. The minimum Gasteiger partial charge on any atom is -0.472 e. The van der Waals surface area contributed by atoms with Gasteiger partial charge in [-0.1, -0.05) is 0 Å².